The Morgan fingerprint density at radius 1 is 1.11 bits per heavy atom. The molecule has 4 aliphatic rings. The zero-order valence-electron chi connectivity index (χ0n) is 10.0. The molecule has 5 nitrogen and oxygen atoms in total. The number of hydrogen-bond acceptors (Lipinski definition) is 5. The third-order valence-electron chi connectivity index (χ3n) is 4.18. The molecule has 3 fully saturated rings. The van der Waals surface area contributed by atoms with Crippen LogP contribution in [0, 0.1) is 0 Å². The van der Waals surface area contributed by atoms with Gasteiger partial charge in [-0.05, 0) is 18.9 Å². The van der Waals surface area contributed by atoms with Crippen molar-refractivity contribution >= 4 is 5.97 Å². The fraction of sp³-hybridized carbons (Fsp3) is 0.769. The minimum absolute atomic E-state index is 0.223. The molecule has 1 saturated carbocycles. The molecule has 3 aliphatic heterocycles. The van der Waals surface area contributed by atoms with Crippen LogP contribution in [-0.2, 0) is 23.7 Å². The molecule has 0 aromatic rings. The second-order valence-corrected chi connectivity index (χ2v) is 5.40. The highest BCUT2D eigenvalue weighted by molar-refractivity contribution is 5.83. The van der Waals surface area contributed by atoms with Crippen molar-refractivity contribution in [2.45, 2.75) is 62.5 Å². The molecule has 0 radical (unpaired) electrons. The molecule has 1 aliphatic carbocycles. The lowest BCUT2D eigenvalue weighted by Crippen LogP contribution is -2.41. The maximum absolute atomic E-state index is 11.3. The Labute approximate surface area is 105 Å². The van der Waals surface area contributed by atoms with Crippen molar-refractivity contribution in [1.29, 1.82) is 0 Å². The molecule has 1 spiro atoms. The first kappa shape index (κ1) is 11.0. The van der Waals surface area contributed by atoms with Crippen molar-refractivity contribution in [2.24, 2.45) is 0 Å². The molecule has 0 bridgehead atoms. The summed E-state index contributed by atoms with van der Waals surface area (Å²) in [5, 5.41) is 0. The van der Waals surface area contributed by atoms with Gasteiger partial charge >= 0.3 is 5.97 Å². The highest BCUT2D eigenvalue weighted by Gasteiger charge is 2.59. The summed E-state index contributed by atoms with van der Waals surface area (Å²) < 4.78 is 23.1. The predicted molar refractivity (Wildman–Crippen MR) is 59.5 cm³/mol. The second kappa shape index (κ2) is 3.79. The highest BCUT2D eigenvalue weighted by Crippen LogP contribution is 2.46. The fourth-order valence-corrected chi connectivity index (χ4v) is 3.32. The number of rotatable bonds is 0. The van der Waals surface area contributed by atoms with Gasteiger partial charge in [-0.25, -0.2) is 4.79 Å². The molecule has 4 atom stereocenters. The summed E-state index contributed by atoms with van der Waals surface area (Å²) in [6, 6.07) is 0. The summed E-state index contributed by atoms with van der Waals surface area (Å²) in [5.74, 6) is -0.819. The first-order valence-corrected chi connectivity index (χ1v) is 6.66. The second-order valence-electron chi connectivity index (χ2n) is 5.40. The molecule has 0 aromatic heterocycles. The highest BCUT2D eigenvalue weighted by atomic mass is 16.8. The van der Waals surface area contributed by atoms with Gasteiger partial charge < -0.3 is 18.9 Å². The van der Waals surface area contributed by atoms with Gasteiger partial charge in [0.15, 0.2) is 24.3 Å². The van der Waals surface area contributed by atoms with Crippen LogP contribution >= 0.6 is 0 Å². The predicted octanol–water partition coefficient (Wildman–Crippen LogP) is 1.27. The van der Waals surface area contributed by atoms with Crippen LogP contribution in [-0.4, -0.2) is 36.4 Å². The van der Waals surface area contributed by atoms with Gasteiger partial charge in [0.25, 0.3) is 0 Å². The van der Waals surface area contributed by atoms with Crippen LogP contribution in [0.4, 0.5) is 0 Å². The fourth-order valence-electron chi connectivity index (χ4n) is 3.32. The standard InChI is InChI=1S/C13H16O5/c14-9-5-4-8-10(16-9)11-12(15-8)18-13(17-11)6-2-1-3-7-13/h4-5,8,10-12H,1-3,6-7H2/t8-,10+,11-,12-/m1/s1. The largest absolute Gasteiger partial charge is 0.453 e. The Morgan fingerprint density at radius 2 is 1.94 bits per heavy atom. The molecule has 4 rings (SSSR count). The van der Waals surface area contributed by atoms with E-state index in [0.717, 1.165) is 25.7 Å². The Balaban J connectivity index is 1.55. The summed E-state index contributed by atoms with van der Waals surface area (Å²) in [5.41, 5.74) is 0. The Kier molecular flexibility index (Phi) is 2.31. The maximum atomic E-state index is 11.3. The van der Waals surface area contributed by atoms with E-state index in [2.05, 4.69) is 0 Å². The van der Waals surface area contributed by atoms with E-state index in [4.69, 9.17) is 18.9 Å². The molecule has 3 heterocycles. The van der Waals surface area contributed by atoms with Gasteiger partial charge in [0, 0.05) is 18.9 Å². The van der Waals surface area contributed by atoms with Crippen molar-refractivity contribution in [2.75, 3.05) is 0 Å². The minimum Gasteiger partial charge on any atom is -0.453 e. The molecule has 0 unspecified atom stereocenters. The zero-order chi connectivity index (χ0) is 12.2. The molecule has 0 N–H and O–H groups in total. The number of hydrogen-bond donors (Lipinski definition) is 0. The van der Waals surface area contributed by atoms with Gasteiger partial charge in [-0.3, -0.25) is 0 Å². The maximum Gasteiger partial charge on any atom is 0.330 e. The lowest BCUT2D eigenvalue weighted by Gasteiger charge is -2.34. The van der Waals surface area contributed by atoms with Gasteiger partial charge in [0.05, 0.1) is 0 Å². The Hall–Kier alpha value is -0.910. The van der Waals surface area contributed by atoms with Gasteiger partial charge in [-0.2, -0.15) is 0 Å². The summed E-state index contributed by atoms with van der Waals surface area (Å²) >= 11 is 0. The van der Waals surface area contributed by atoms with Crippen LogP contribution in [0.15, 0.2) is 12.2 Å². The van der Waals surface area contributed by atoms with E-state index < -0.39 is 12.1 Å². The van der Waals surface area contributed by atoms with E-state index in [-0.39, 0.29) is 24.3 Å². The Bertz CT molecular complexity index is 398. The first-order chi connectivity index (χ1) is 8.76. The van der Waals surface area contributed by atoms with Crippen LogP contribution < -0.4 is 0 Å². The van der Waals surface area contributed by atoms with Crippen LogP contribution in [0.3, 0.4) is 0 Å². The van der Waals surface area contributed by atoms with E-state index in [1.54, 1.807) is 6.08 Å². The third kappa shape index (κ3) is 1.54. The van der Waals surface area contributed by atoms with E-state index in [9.17, 15) is 4.79 Å². The molecular weight excluding hydrogens is 236 g/mol. The lowest BCUT2D eigenvalue weighted by atomic mass is 9.94. The summed E-state index contributed by atoms with van der Waals surface area (Å²) in [6.07, 6.45) is 7.17. The normalized spacial score (nSPS) is 44.8. The van der Waals surface area contributed by atoms with E-state index in [1.807, 2.05) is 0 Å². The monoisotopic (exact) mass is 252 g/mol. The van der Waals surface area contributed by atoms with Crippen molar-refractivity contribution < 1.29 is 23.7 Å². The van der Waals surface area contributed by atoms with Crippen molar-refractivity contribution in [3.05, 3.63) is 12.2 Å². The Morgan fingerprint density at radius 3 is 2.78 bits per heavy atom. The molecule has 0 amide bonds. The quantitative estimate of drug-likeness (QED) is 0.608. The summed E-state index contributed by atoms with van der Waals surface area (Å²) in [7, 11) is 0. The number of ether oxygens (including phenoxy) is 4. The molecule has 2 saturated heterocycles. The summed E-state index contributed by atoms with van der Waals surface area (Å²) in [4.78, 5) is 11.3. The number of carbonyl (C=O) groups excluding carboxylic acids is 1. The zero-order valence-corrected chi connectivity index (χ0v) is 10.0. The number of esters is 1. The SMILES string of the molecule is O=C1C=C[C@H]2O[C@@H]3OC4(CCCCC4)O[C@@H]3[C@H]2O1. The van der Waals surface area contributed by atoms with Gasteiger partial charge in [-0.15, -0.1) is 0 Å². The van der Waals surface area contributed by atoms with Crippen molar-refractivity contribution in [1.82, 2.24) is 0 Å². The topological polar surface area (TPSA) is 54.0 Å². The molecule has 5 heteroatoms. The van der Waals surface area contributed by atoms with Gasteiger partial charge in [0.2, 0.25) is 0 Å². The third-order valence-corrected chi connectivity index (χ3v) is 4.18. The average Bonchev–Trinajstić information content (AvgIpc) is 2.85. The van der Waals surface area contributed by atoms with Gasteiger partial charge in [0.1, 0.15) is 6.10 Å². The van der Waals surface area contributed by atoms with E-state index in [1.165, 1.54) is 12.5 Å². The van der Waals surface area contributed by atoms with Crippen molar-refractivity contribution in [3.63, 3.8) is 0 Å². The molecular formula is C13H16O5. The number of carbonyl (C=O) groups is 1. The molecule has 18 heavy (non-hydrogen) atoms. The van der Waals surface area contributed by atoms with Crippen LogP contribution in [0.1, 0.15) is 32.1 Å². The number of fused-ring (bicyclic) bond motifs is 3. The van der Waals surface area contributed by atoms with Crippen LogP contribution in [0.5, 0.6) is 0 Å². The van der Waals surface area contributed by atoms with E-state index >= 15 is 0 Å². The van der Waals surface area contributed by atoms with E-state index in [0.29, 0.717) is 0 Å². The van der Waals surface area contributed by atoms with Gasteiger partial charge in [-0.1, -0.05) is 6.42 Å². The minimum atomic E-state index is -0.494. The van der Waals surface area contributed by atoms with Crippen LogP contribution in [0.2, 0.25) is 0 Å². The molecule has 0 aromatic carbocycles. The molecule has 98 valence electrons. The average molecular weight is 252 g/mol. The lowest BCUT2D eigenvalue weighted by molar-refractivity contribution is -0.244. The first-order valence-electron chi connectivity index (χ1n) is 6.66. The van der Waals surface area contributed by atoms with Crippen molar-refractivity contribution in [3.8, 4) is 0 Å². The smallest absolute Gasteiger partial charge is 0.330 e. The van der Waals surface area contributed by atoms with Crippen LogP contribution in [0.25, 0.3) is 0 Å². The summed E-state index contributed by atoms with van der Waals surface area (Å²) in [6.45, 7) is 0.